The van der Waals surface area contributed by atoms with Gasteiger partial charge in [-0.15, -0.1) is 0 Å². The van der Waals surface area contributed by atoms with Crippen LogP contribution < -0.4 is 0 Å². The van der Waals surface area contributed by atoms with Crippen LogP contribution in [0.3, 0.4) is 0 Å². The van der Waals surface area contributed by atoms with Gasteiger partial charge < -0.3 is 4.74 Å². The van der Waals surface area contributed by atoms with E-state index in [1.54, 1.807) is 12.1 Å². The largest absolute Gasteiger partial charge is 0.467 e. The summed E-state index contributed by atoms with van der Waals surface area (Å²) < 4.78 is 19.1. The number of carbonyl (C=O) groups is 1. The molecule has 0 amide bonds. The lowest BCUT2D eigenvalue weighted by molar-refractivity contribution is -0.153. The molecule has 0 heterocycles. The fraction of sp³-hybridized carbons (Fsp3) is 0.167. The molecule has 0 saturated carbocycles. The summed E-state index contributed by atoms with van der Waals surface area (Å²) in [6.07, 6.45) is -0.0744. The Labute approximate surface area is 164 Å². The van der Waals surface area contributed by atoms with Crippen LogP contribution in [0.2, 0.25) is 0 Å². The third kappa shape index (κ3) is 4.71. The molecular formula is C24H22FNO2. The number of aliphatic imine (C=N–C) groups is 1. The Morgan fingerprint density at radius 3 is 2.04 bits per heavy atom. The number of hydrogen-bond acceptors (Lipinski definition) is 3. The fourth-order valence-electron chi connectivity index (χ4n) is 3.02. The lowest BCUT2D eigenvalue weighted by Crippen LogP contribution is -2.33. The molecule has 28 heavy (non-hydrogen) atoms. The summed E-state index contributed by atoms with van der Waals surface area (Å²) in [7, 11) is 1.19. The number of hydrogen-bond donors (Lipinski definition) is 0. The molecule has 0 aliphatic heterocycles. The van der Waals surface area contributed by atoms with E-state index in [2.05, 4.69) is 4.74 Å². The van der Waals surface area contributed by atoms with Crippen LogP contribution in [-0.4, -0.2) is 24.5 Å². The fourth-order valence-corrected chi connectivity index (χ4v) is 3.02. The SMILES string of the molecule is COC(=O)C(C)(F)Cc1cccc(N=C(c2ccccc2)c2ccccc2)c1. The minimum absolute atomic E-state index is 0.0744. The molecular weight excluding hydrogens is 353 g/mol. The highest BCUT2D eigenvalue weighted by atomic mass is 19.1. The van der Waals surface area contributed by atoms with Gasteiger partial charge in [-0.3, -0.25) is 0 Å². The summed E-state index contributed by atoms with van der Waals surface area (Å²) in [5.41, 5.74) is 2.10. The van der Waals surface area contributed by atoms with Gasteiger partial charge in [-0.1, -0.05) is 72.8 Å². The molecule has 1 atom stereocenters. The summed E-state index contributed by atoms with van der Waals surface area (Å²) in [5, 5.41) is 0. The van der Waals surface area contributed by atoms with E-state index in [0.29, 0.717) is 11.3 Å². The van der Waals surface area contributed by atoms with E-state index in [1.165, 1.54) is 14.0 Å². The van der Waals surface area contributed by atoms with Crippen molar-refractivity contribution >= 4 is 17.4 Å². The van der Waals surface area contributed by atoms with Crippen molar-refractivity contribution in [3.63, 3.8) is 0 Å². The van der Waals surface area contributed by atoms with Gasteiger partial charge >= 0.3 is 5.97 Å². The number of alkyl halides is 1. The first kappa shape index (κ1) is 19.5. The molecule has 142 valence electrons. The lowest BCUT2D eigenvalue weighted by Gasteiger charge is -2.17. The van der Waals surface area contributed by atoms with Gasteiger partial charge in [0.15, 0.2) is 0 Å². The Kier molecular flexibility index (Phi) is 5.99. The second-order valence-corrected chi connectivity index (χ2v) is 6.73. The minimum atomic E-state index is -2.08. The first-order valence-corrected chi connectivity index (χ1v) is 9.05. The van der Waals surface area contributed by atoms with Crippen molar-refractivity contribution in [2.45, 2.75) is 19.0 Å². The van der Waals surface area contributed by atoms with Gasteiger partial charge in [0.05, 0.1) is 18.5 Å². The standard InChI is InChI=1S/C24H22FNO2/c1-24(25,23(27)28-2)17-18-10-9-15-21(16-18)26-22(19-11-5-3-6-12-19)20-13-7-4-8-14-20/h3-16H,17H2,1-2H3. The van der Waals surface area contributed by atoms with E-state index in [1.807, 2.05) is 72.8 Å². The van der Waals surface area contributed by atoms with Crippen LogP contribution in [0, 0.1) is 0 Å². The summed E-state index contributed by atoms with van der Waals surface area (Å²) in [5.74, 6) is -0.879. The lowest BCUT2D eigenvalue weighted by atomic mass is 9.98. The highest BCUT2D eigenvalue weighted by Gasteiger charge is 2.34. The number of rotatable bonds is 6. The van der Waals surface area contributed by atoms with Crippen molar-refractivity contribution in [2.75, 3.05) is 7.11 Å². The average molecular weight is 375 g/mol. The van der Waals surface area contributed by atoms with E-state index in [4.69, 9.17) is 4.99 Å². The quantitative estimate of drug-likeness (QED) is 0.433. The number of carbonyl (C=O) groups excluding carboxylic acids is 1. The predicted octanol–water partition coefficient (Wildman–Crippen LogP) is 5.30. The van der Waals surface area contributed by atoms with Gasteiger partial charge in [0.1, 0.15) is 0 Å². The zero-order chi connectivity index (χ0) is 20.0. The smallest absolute Gasteiger partial charge is 0.343 e. The number of benzene rings is 3. The van der Waals surface area contributed by atoms with E-state index < -0.39 is 11.6 Å². The van der Waals surface area contributed by atoms with Crippen molar-refractivity contribution in [1.29, 1.82) is 0 Å². The molecule has 3 rings (SSSR count). The maximum absolute atomic E-state index is 14.6. The topological polar surface area (TPSA) is 38.7 Å². The molecule has 0 spiro atoms. The monoisotopic (exact) mass is 375 g/mol. The molecule has 0 radical (unpaired) electrons. The second kappa shape index (κ2) is 8.61. The van der Waals surface area contributed by atoms with E-state index in [-0.39, 0.29) is 6.42 Å². The normalized spacial score (nSPS) is 12.7. The molecule has 3 aromatic carbocycles. The van der Waals surface area contributed by atoms with Gasteiger partial charge in [-0.2, -0.15) is 0 Å². The van der Waals surface area contributed by atoms with Crippen molar-refractivity contribution < 1.29 is 13.9 Å². The molecule has 0 aliphatic rings. The zero-order valence-electron chi connectivity index (χ0n) is 15.9. The van der Waals surface area contributed by atoms with Crippen LogP contribution in [0.15, 0.2) is 89.9 Å². The van der Waals surface area contributed by atoms with Gasteiger partial charge in [-0.25, -0.2) is 14.2 Å². The third-order valence-electron chi connectivity index (χ3n) is 4.39. The summed E-state index contributed by atoms with van der Waals surface area (Å²) in [4.78, 5) is 16.5. The maximum atomic E-state index is 14.6. The van der Waals surface area contributed by atoms with Crippen LogP contribution in [-0.2, 0) is 16.0 Å². The van der Waals surface area contributed by atoms with E-state index in [0.717, 1.165) is 16.8 Å². The summed E-state index contributed by atoms with van der Waals surface area (Å²) in [6.45, 7) is 1.23. The molecule has 0 N–H and O–H groups in total. The average Bonchev–Trinajstić information content (AvgIpc) is 2.72. The Balaban J connectivity index is 1.99. The highest BCUT2D eigenvalue weighted by Crippen LogP contribution is 2.24. The van der Waals surface area contributed by atoms with Crippen LogP contribution in [0.25, 0.3) is 0 Å². The van der Waals surface area contributed by atoms with Crippen molar-refractivity contribution in [2.24, 2.45) is 4.99 Å². The Bertz CT molecular complexity index is 925. The molecule has 0 saturated heterocycles. The van der Waals surface area contributed by atoms with Gasteiger partial charge in [-0.05, 0) is 24.6 Å². The Morgan fingerprint density at radius 1 is 0.929 bits per heavy atom. The van der Waals surface area contributed by atoms with Crippen LogP contribution in [0.4, 0.5) is 10.1 Å². The van der Waals surface area contributed by atoms with Crippen LogP contribution in [0.1, 0.15) is 23.6 Å². The zero-order valence-corrected chi connectivity index (χ0v) is 15.9. The maximum Gasteiger partial charge on any atom is 0.343 e. The Morgan fingerprint density at radius 2 is 1.50 bits per heavy atom. The number of halogens is 1. The first-order chi connectivity index (χ1) is 13.5. The van der Waals surface area contributed by atoms with E-state index in [9.17, 15) is 9.18 Å². The third-order valence-corrected chi connectivity index (χ3v) is 4.39. The number of ether oxygens (including phenoxy) is 1. The predicted molar refractivity (Wildman–Crippen MR) is 110 cm³/mol. The van der Waals surface area contributed by atoms with Crippen LogP contribution >= 0.6 is 0 Å². The van der Waals surface area contributed by atoms with Gasteiger partial charge in [0.25, 0.3) is 0 Å². The molecule has 0 aromatic heterocycles. The molecule has 3 aromatic rings. The van der Waals surface area contributed by atoms with Crippen LogP contribution in [0.5, 0.6) is 0 Å². The van der Waals surface area contributed by atoms with E-state index >= 15 is 0 Å². The summed E-state index contributed by atoms with van der Waals surface area (Å²) in [6, 6.07) is 27.1. The number of nitrogens with zero attached hydrogens (tertiary/aromatic N) is 1. The minimum Gasteiger partial charge on any atom is -0.467 e. The van der Waals surface area contributed by atoms with Gasteiger partial charge in [0, 0.05) is 17.5 Å². The molecule has 0 aliphatic carbocycles. The summed E-state index contributed by atoms with van der Waals surface area (Å²) >= 11 is 0. The van der Waals surface area contributed by atoms with Crippen molar-refractivity contribution in [3.05, 3.63) is 102 Å². The van der Waals surface area contributed by atoms with Crippen molar-refractivity contribution in [3.8, 4) is 0 Å². The molecule has 0 bridgehead atoms. The highest BCUT2D eigenvalue weighted by molar-refractivity contribution is 6.13. The van der Waals surface area contributed by atoms with Gasteiger partial charge in [0.2, 0.25) is 5.67 Å². The first-order valence-electron chi connectivity index (χ1n) is 9.05. The number of methoxy groups -OCH3 is 1. The molecule has 1 unspecified atom stereocenters. The molecule has 0 fully saturated rings. The van der Waals surface area contributed by atoms with Crippen molar-refractivity contribution in [1.82, 2.24) is 0 Å². The second-order valence-electron chi connectivity index (χ2n) is 6.73. The molecule has 4 heteroatoms. The number of esters is 1. The Hall–Kier alpha value is -3.27. The molecule has 3 nitrogen and oxygen atoms in total.